The summed E-state index contributed by atoms with van der Waals surface area (Å²) in [5.41, 5.74) is 1.36. The molecule has 8 heteroatoms. The van der Waals surface area contributed by atoms with Crippen molar-refractivity contribution in [3.63, 3.8) is 0 Å². The number of aromatic nitrogens is 1. The van der Waals surface area contributed by atoms with Crippen LogP contribution in [0, 0.1) is 0 Å². The summed E-state index contributed by atoms with van der Waals surface area (Å²) in [4.78, 5) is 27.5. The quantitative estimate of drug-likeness (QED) is 0.522. The number of hydrogen-bond donors (Lipinski definition) is 1. The first-order valence-corrected chi connectivity index (χ1v) is 9.24. The van der Waals surface area contributed by atoms with Gasteiger partial charge in [0.05, 0.1) is 32.9 Å². The molecular formula is C19H22N2O5S. The van der Waals surface area contributed by atoms with Crippen LogP contribution in [0.1, 0.15) is 24.6 Å². The molecule has 0 saturated carbocycles. The van der Waals surface area contributed by atoms with E-state index in [1.807, 2.05) is 19.1 Å². The number of nitrogens with one attached hydrogen (secondary N) is 1. The van der Waals surface area contributed by atoms with Gasteiger partial charge in [-0.15, -0.1) is 11.3 Å². The monoisotopic (exact) mass is 390 g/mol. The number of nitrogens with zero attached hydrogens (tertiary/aromatic N) is 1. The van der Waals surface area contributed by atoms with Crippen molar-refractivity contribution in [2.24, 2.45) is 0 Å². The smallest absolute Gasteiger partial charge is 0.311 e. The maximum atomic E-state index is 12.1. The van der Waals surface area contributed by atoms with Gasteiger partial charge in [0.2, 0.25) is 5.91 Å². The predicted octanol–water partition coefficient (Wildman–Crippen LogP) is 3.31. The van der Waals surface area contributed by atoms with Gasteiger partial charge in [-0.1, -0.05) is 13.0 Å². The van der Waals surface area contributed by atoms with Crippen molar-refractivity contribution in [1.82, 2.24) is 4.98 Å². The van der Waals surface area contributed by atoms with Crippen LogP contribution < -0.4 is 14.8 Å². The Hall–Kier alpha value is -2.87. The summed E-state index contributed by atoms with van der Waals surface area (Å²) in [5.74, 6) is 0.581. The molecule has 1 amide bonds. The number of rotatable bonds is 9. The highest BCUT2D eigenvalue weighted by atomic mass is 32.1. The molecule has 0 unspecified atom stereocenters. The van der Waals surface area contributed by atoms with Crippen LogP contribution >= 0.6 is 11.3 Å². The summed E-state index contributed by atoms with van der Waals surface area (Å²) < 4.78 is 15.5. The summed E-state index contributed by atoms with van der Waals surface area (Å²) in [6.45, 7) is 2.64. The zero-order valence-corrected chi connectivity index (χ0v) is 16.3. The van der Waals surface area contributed by atoms with Gasteiger partial charge in [0.25, 0.3) is 0 Å². The predicted molar refractivity (Wildman–Crippen MR) is 104 cm³/mol. The number of benzene rings is 1. The van der Waals surface area contributed by atoms with Gasteiger partial charge in [0, 0.05) is 11.5 Å². The lowest BCUT2D eigenvalue weighted by atomic mass is 10.2. The summed E-state index contributed by atoms with van der Waals surface area (Å²) in [6.07, 6.45) is 4.06. The standard InChI is InChI=1S/C19H22N2O5S/c1-4-9-26-15-7-5-13(10-16(15)24-2)6-8-17(22)21-19-20-14(12-27-19)11-18(23)25-3/h5-8,10,12H,4,9,11H2,1-3H3,(H,20,21,22)/b8-6+. The number of anilines is 1. The molecule has 27 heavy (non-hydrogen) atoms. The van der Waals surface area contributed by atoms with Crippen molar-refractivity contribution < 1.29 is 23.8 Å². The fourth-order valence-electron chi connectivity index (χ4n) is 2.10. The zero-order chi connectivity index (χ0) is 19.6. The Bertz CT molecular complexity index is 816. The lowest BCUT2D eigenvalue weighted by molar-refractivity contribution is -0.139. The number of carbonyl (C=O) groups is 2. The highest BCUT2D eigenvalue weighted by molar-refractivity contribution is 7.14. The van der Waals surface area contributed by atoms with Gasteiger partial charge >= 0.3 is 5.97 Å². The lowest BCUT2D eigenvalue weighted by Crippen LogP contribution is -2.08. The molecule has 0 saturated heterocycles. The largest absolute Gasteiger partial charge is 0.493 e. The number of amides is 1. The fraction of sp³-hybridized carbons (Fsp3) is 0.316. The van der Waals surface area contributed by atoms with Crippen molar-refractivity contribution >= 4 is 34.4 Å². The number of methoxy groups -OCH3 is 2. The van der Waals surface area contributed by atoms with E-state index in [0.29, 0.717) is 28.9 Å². The molecule has 2 aromatic rings. The van der Waals surface area contributed by atoms with E-state index in [9.17, 15) is 9.59 Å². The van der Waals surface area contributed by atoms with E-state index in [1.54, 1.807) is 24.6 Å². The number of esters is 1. The third-order valence-corrected chi connectivity index (χ3v) is 4.22. The van der Waals surface area contributed by atoms with E-state index < -0.39 is 0 Å². The Kier molecular flexibility index (Phi) is 7.81. The fourth-order valence-corrected chi connectivity index (χ4v) is 2.82. The first kappa shape index (κ1) is 20.4. The van der Waals surface area contributed by atoms with E-state index in [4.69, 9.17) is 9.47 Å². The van der Waals surface area contributed by atoms with Gasteiger partial charge in [0.1, 0.15) is 0 Å². The highest BCUT2D eigenvalue weighted by Crippen LogP contribution is 2.28. The second kappa shape index (κ2) is 10.3. The molecule has 0 fully saturated rings. The molecule has 1 heterocycles. The van der Waals surface area contributed by atoms with Gasteiger partial charge in [-0.25, -0.2) is 4.98 Å². The Morgan fingerprint density at radius 1 is 1.26 bits per heavy atom. The van der Waals surface area contributed by atoms with E-state index >= 15 is 0 Å². The van der Waals surface area contributed by atoms with Gasteiger partial charge in [-0.2, -0.15) is 0 Å². The minimum Gasteiger partial charge on any atom is -0.493 e. The van der Waals surface area contributed by atoms with Gasteiger partial charge in [0.15, 0.2) is 16.6 Å². The molecule has 144 valence electrons. The average Bonchev–Trinajstić information content (AvgIpc) is 3.11. The maximum absolute atomic E-state index is 12.1. The van der Waals surface area contributed by atoms with Crippen LogP contribution in [0.2, 0.25) is 0 Å². The number of hydrogen-bond acceptors (Lipinski definition) is 7. The second-order valence-corrected chi connectivity index (χ2v) is 6.34. The van der Waals surface area contributed by atoms with E-state index in [2.05, 4.69) is 15.0 Å². The summed E-state index contributed by atoms with van der Waals surface area (Å²) >= 11 is 1.25. The normalized spacial score (nSPS) is 10.6. The van der Waals surface area contributed by atoms with Gasteiger partial charge in [-0.05, 0) is 30.2 Å². The summed E-state index contributed by atoms with van der Waals surface area (Å²) in [5, 5.41) is 4.79. The molecule has 0 radical (unpaired) electrons. The Morgan fingerprint density at radius 2 is 2.07 bits per heavy atom. The van der Waals surface area contributed by atoms with Crippen LogP contribution in [0.3, 0.4) is 0 Å². The number of thiazole rings is 1. The molecule has 0 spiro atoms. The van der Waals surface area contributed by atoms with Crippen LogP contribution in [-0.4, -0.2) is 37.7 Å². The van der Waals surface area contributed by atoms with Crippen molar-refractivity contribution in [1.29, 1.82) is 0 Å². The van der Waals surface area contributed by atoms with Crippen LogP contribution in [-0.2, 0) is 20.7 Å². The van der Waals surface area contributed by atoms with Gasteiger partial charge in [-0.3, -0.25) is 14.9 Å². The Morgan fingerprint density at radius 3 is 2.78 bits per heavy atom. The molecule has 0 aliphatic rings. The third-order valence-electron chi connectivity index (χ3n) is 3.41. The molecule has 0 bridgehead atoms. The van der Waals surface area contributed by atoms with Crippen LogP contribution in [0.25, 0.3) is 6.08 Å². The number of carbonyl (C=O) groups excluding carboxylic acids is 2. The van der Waals surface area contributed by atoms with Crippen LogP contribution in [0.5, 0.6) is 11.5 Å². The second-order valence-electron chi connectivity index (χ2n) is 5.48. The molecule has 2 rings (SSSR count). The molecule has 0 atom stereocenters. The van der Waals surface area contributed by atoms with Crippen LogP contribution in [0.4, 0.5) is 5.13 Å². The molecular weight excluding hydrogens is 368 g/mol. The SMILES string of the molecule is CCCOc1ccc(/C=C/C(=O)Nc2nc(CC(=O)OC)cs2)cc1OC. The van der Waals surface area contributed by atoms with Crippen LogP contribution in [0.15, 0.2) is 29.7 Å². The van der Waals surface area contributed by atoms with Crippen molar-refractivity contribution in [2.45, 2.75) is 19.8 Å². The van der Waals surface area contributed by atoms with Crippen molar-refractivity contribution in [3.8, 4) is 11.5 Å². The van der Waals surface area contributed by atoms with E-state index in [-0.39, 0.29) is 18.3 Å². The molecule has 1 aromatic heterocycles. The van der Waals surface area contributed by atoms with E-state index in [0.717, 1.165) is 12.0 Å². The summed E-state index contributed by atoms with van der Waals surface area (Å²) in [6, 6.07) is 5.45. The first-order valence-electron chi connectivity index (χ1n) is 8.36. The minimum absolute atomic E-state index is 0.0744. The molecule has 0 aliphatic carbocycles. The first-order chi connectivity index (χ1) is 13.0. The average molecular weight is 390 g/mol. The zero-order valence-electron chi connectivity index (χ0n) is 15.5. The molecule has 1 aromatic carbocycles. The lowest BCUT2D eigenvalue weighted by Gasteiger charge is -2.10. The topological polar surface area (TPSA) is 86.8 Å². The molecule has 7 nitrogen and oxygen atoms in total. The minimum atomic E-state index is -0.376. The Labute approximate surface area is 162 Å². The summed E-state index contributed by atoms with van der Waals surface area (Å²) in [7, 11) is 2.89. The van der Waals surface area contributed by atoms with Crippen molar-refractivity contribution in [2.75, 3.05) is 26.1 Å². The maximum Gasteiger partial charge on any atom is 0.311 e. The number of ether oxygens (including phenoxy) is 3. The highest BCUT2D eigenvalue weighted by Gasteiger charge is 2.09. The van der Waals surface area contributed by atoms with Gasteiger partial charge < -0.3 is 14.2 Å². The third kappa shape index (κ3) is 6.41. The molecule has 0 aliphatic heterocycles. The van der Waals surface area contributed by atoms with E-state index in [1.165, 1.54) is 24.5 Å². The van der Waals surface area contributed by atoms with Crippen molar-refractivity contribution in [3.05, 3.63) is 40.9 Å². The molecule has 1 N–H and O–H groups in total. The Balaban J connectivity index is 1.97.